The molecule has 0 aromatic carbocycles. The van der Waals surface area contributed by atoms with Crippen LogP contribution in [0.5, 0.6) is 0 Å². The van der Waals surface area contributed by atoms with Crippen molar-refractivity contribution in [2.75, 3.05) is 24.2 Å². The van der Waals surface area contributed by atoms with E-state index in [1.165, 1.54) is 6.33 Å². The second-order valence-electron chi connectivity index (χ2n) is 4.08. The lowest BCUT2D eigenvalue weighted by molar-refractivity contribution is -0.146. The molecule has 6 nitrogen and oxygen atoms in total. The first-order chi connectivity index (χ1) is 7.45. The van der Waals surface area contributed by atoms with Gasteiger partial charge in [-0.3, -0.25) is 4.79 Å². The van der Waals surface area contributed by atoms with Crippen molar-refractivity contribution < 1.29 is 9.90 Å². The van der Waals surface area contributed by atoms with Crippen molar-refractivity contribution in [2.45, 2.75) is 13.8 Å². The highest BCUT2D eigenvalue weighted by Crippen LogP contribution is 2.16. The minimum absolute atomic E-state index is 0.308. The second-order valence-corrected chi connectivity index (χ2v) is 4.08. The molecule has 0 unspecified atom stereocenters. The molecule has 1 heterocycles. The van der Waals surface area contributed by atoms with Crippen LogP contribution < -0.4 is 10.6 Å². The van der Waals surface area contributed by atoms with E-state index < -0.39 is 11.4 Å². The van der Waals surface area contributed by atoms with Gasteiger partial charge in [0.15, 0.2) is 0 Å². The third-order valence-electron chi connectivity index (χ3n) is 2.21. The fraction of sp³-hybridized carbons (Fsp3) is 0.500. The van der Waals surface area contributed by atoms with E-state index in [4.69, 9.17) is 5.11 Å². The molecule has 0 fully saturated rings. The lowest BCUT2D eigenvalue weighted by atomic mass is 9.94. The van der Waals surface area contributed by atoms with Gasteiger partial charge in [0, 0.05) is 19.7 Å². The number of nitrogens with one attached hydrogen (secondary N) is 2. The lowest BCUT2D eigenvalue weighted by Gasteiger charge is -2.19. The van der Waals surface area contributed by atoms with Crippen LogP contribution in [0.2, 0.25) is 0 Å². The molecule has 0 saturated heterocycles. The molecule has 6 heteroatoms. The summed E-state index contributed by atoms with van der Waals surface area (Å²) in [7, 11) is 1.76. The van der Waals surface area contributed by atoms with Gasteiger partial charge in [0.1, 0.15) is 18.0 Å². The quantitative estimate of drug-likeness (QED) is 0.692. The van der Waals surface area contributed by atoms with Gasteiger partial charge in [0.2, 0.25) is 0 Å². The number of nitrogens with zero attached hydrogens (tertiary/aromatic N) is 2. The molecular formula is C10H16N4O2. The summed E-state index contributed by atoms with van der Waals surface area (Å²) < 4.78 is 0. The van der Waals surface area contributed by atoms with Crippen LogP contribution in [0.1, 0.15) is 13.8 Å². The number of aliphatic carboxylic acids is 1. The highest BCUT2D eigenvalue weighted by molar-refractivity contribution is 5.74. The molecule has 0 aliphatic heterocycles. The van der Waals surface area contributed by atoms with Crippen molar-refractivity contribution in [3.63, 3.8) is 0 Å². The topological polar surface area (TPSA) is 87.1 Å². The number of carbonyl (C=O) groups is 1. The average molecular weight is 224 g/mol. The van der Waals surface area contributed by atoms with Crippen molar-refractivity contribution in [1.29, 1.82) is 0 Å². The fourth-order valence-electron chi connectivity index (χ4n) is 0.978. The molecule has 1 aromatic rings. The van der Waals surface area contributed by atoms with Crippen LogP contribution in [0.25, 0.3) is 0 Å². The van der Waals surface area contributed by atoms with E-state index in [0.717, 1.165) is 0 Å². The number of hydrogen-bond donors (Lipinski definition) is 3. The van der Waals surface area contributed by atoms with E-state index >= 15 is 0 Å². The van der Waals surface area contributed by atoms with Gasteiger partial charge in [-0.25, -0.2) is 9.97 Å². The Balaban J connectivity index is 2.64. The zero-order valence-corrected chi connectivity index (χ0v) is 9.61. The minimum atomic E-state index is -0.845. The van der Waals surface area contributed by atoms with E-state index in [2.05, 4.69) is 20.6 Å². The van der Waals surface area contributed by atoms with Crippen molar-refractivity contribution in [2.24, 2.45) is 5.41 Å². The smallest absolute Gasteiger partial charge is 0.310 e. The first kappa shape index (κ1) is 12.2. The third kappa shape index (κ3) is 3.08. The van der Waals surface area contributed by atoms with E-state index in [9.17, 15) is 4.79 Å². The SMILES string of the molecule is CNc1cc(NCC(C)(C)C(=O)O)ncn1. The van der Waals surface area contributed by atoms with Crippen LogP contribution in [0.4, 0.5) is 11.6 Å². The number of hydrogen-bond acceptors (Lipinski definition) is 5. The van der Waals surface area contributed by atoms with Crippen LogP contribution in [-0.4, -0.2) is 34.6 Å². The Hall–Kier alpha value is -1.85. The molecule has 0 spiro atoms. The van der Waals surface area contributed by atoms with Crippen molar-refractivity contribution >= 4 is 17.6 Å². The first-order valence-corrected chi connectivity index (χ1v) is 4.93. The summed E-state index contributed by atoms with van der Waals surface area (Å²) in [5, 5.41) is 14.8. The van der Waals surface area contributed by atoms with Gasteiger partial charge in [-0.05, 0) is 13.8 Å². The number of carboxylic acids is 1. The monoisotopic (exact) mass is 224 g/mol. The second kappa shape index (κ2) is 4.78. The Labute approximate surface area is 94.1 Å². The summed E-state index contributed by atoms with van der Waals surface area (Å²) in [6.07, 6.45) is 1.42. The Kier molecular flexibility index (Phi) is 3.65. The molecule has 0 amide bonds. The number of carboxylic acid groups (broad SMARTS) is 1. The summed E-state index contributed by atoms with van der Waals surface area (Å²) in [4.78, 5) is 18.8. The molecule has 0 aliphatic carbocycles. The summed E-state index contributed by atoms with van der Waals surface area (Å²) >= 11 is 0. The molecule has 16 heavy (non-hydrogen) atoms. The van der Waals surface area contributed by atoms with Crippen molar-refractivity contribution in [3.05, 3.63) is 12.4 Å². The predicted molar refractivity (Wildman–Crippen MR) is 61.5 cm³/mol. The normalized spacial score (nSPS) is 10.9. The maximum Gasteiger partial charge on any atom is 0.310 e. The van der Waals surface area contributed by atoms with E-state index in [1.54, 1.807) is 27.0 Å². The number of anilines is 2. The van der Waals surface area contributed by atoms with Crippen LogP contribution in [0.3, 0.4) is 0 Å². The maximum atomic E-state index is 10.9. The fourth-order valence-corrected chi connectivity index (χ4v) is 0.978. The molecule has 1 rings (SSSR count). The van der Waals surface area contributed by atoms with Gasteiger partial charge in [-0.2, -0.15) is 0 Å². The molecule has 0 bridgehead atoms. The first-order valence-electron chi connectivity index (χ1n) is 4.93. The summed E-state index contributed by atoms with van der Waals surface area (Å²) in [5.74, 6) is 0.446. The molecule has 0 aliphatic rings. The van der Waals surface area contributed by atoms with Gasteiger partial charge in [-0.1, -0.05) is 0 Å². The Morgan fingerprint density at radius 1 is 1.44 bits per heavy atom. The summed E-state index contributed by atoms with van der Waals surface area (Å²) in [6.45, 7) is 3.62. The summed E-state index contributed by atoms with van der Waals surface area (Å²) in [5.41, 5.74) is -0.829. The largest absolute Gasteiger partial charge is 0.481 e. The van der Waals surface area contributed by atoms with Crippen molar-refractivity contribution in [1.82, 2.24) is 9.97 Å². The van der Waals surface area contributed by atoms with E-state index in [0.29, 0.717) is 18.2 Å². The Morgan fingerprint density at radius 2 is 2.06 bits per heavy atom. The Morgan fingerprint density at radius 3 is 2.62 bits per heavy atom. The van der Waals surface area contributed by atoms with Gasteiger partial charge >= 0.3 is 5.97 Å². The highest BCUT2D eigenvalue weighted by Gasteiger charge is 2.26. The molecule has 88 valence electrons. The standard InChI is InChI=1S/C10H16N4O2/c1-10(2,9(15)16)5-12-8-4-7(11-3)13-6-14-8/h4,6H,5H2,1-3H3,(H,15,16)(H2,11,12,13,14). The predicted octanol–water partition coefficient (Wildman–Crippen LogP) is 1.04. The maximum absolute atomic E-state index is 10.9. The highest BCUT2D eigenvalue weighted by atomic mass is 16.4. The zero-order chi connectivity index (χ0) is 12.2. The molecule has 1 aromatic heterocycles. The van der Waals surface area contributed by atoms with Crippen LogP contribution in [0, 0.1) is 5.41 Å². The molecule has 0 saturated carbocycles. The van der Waals surface area contributed by atoms with Crippen LogP contribution in [-0.2, 0) is 4.79 Å². The third-order valence-corrected chi connectivity index (χ3v) is 2.21. The average Bonchev–Trinajstić information content (AvgIpc) is 2.26. The molecule has 3 N–H and O–H groups in total. The molecule has 0 atom stereocenters. The van der Waals surface area contributed by atoms with E-state index in [1.807, 2.05) is 0 Å². The van der Waals surface area contributed by atoms with Crippen molar-refractivity contribution in [3.8, 4) is 0 Å². The van der Waals surface area contributed by atoms with Gasteiger partial charge in [0.25, 0.3) is 0 Å². The van der Waals surface area contributed by atoms with Crippen LogP contribution >= 0.6 is 0 Å². The molecule has 0 radical (unpaired) electrons. The number of aromatic nitrogens is 2. The lowest BCUT2D eigenvalue weighted by Crippen LogP contribution is -2.32. The summed E-state index contributed by atoms with van der Waals surface area (Å²) in [6, 6.07) is 1.72. The van der Waals surface area contributed by atoms with E-state index in [-0.39, 0.29) is 0 Å². The van der Waals surface area contributed by atoms with Gasteiger partial charge < -0.3 is 15.7 Å². The van der Waals surface area contributed by atoms with Crippen LogP contribution in [0.15, 0.2) is 12.4 Å². The van der Waals surface area contributed by atoms with Gasteiger partial charge in [0.05, 0.1) is 5.41 Å². The number of rotatable bonds is 5. The Bertz CT molecular complexity index is 379. The van der Waals surface area contributed by atoms with Gasteiger partial charge in [-0.15, -0.1) is 0 Å². The minimum Gasteiger partial charge on any atom is -0.481 e. The zero-order valence-electron chi connectivity index (χ0n) is 9.61. The molecular weight excluding hydrogens is 208 g/mol.